The maximum Gasteiger partial charge on any atom is 0.0107 e. The average Bonchev–Trinajstić information content (AvgIpc) is 2.56. The lowest BCUT2D eigenvalue weighted by atomic mass is 9.92. The van der Waals surface area contributed by atoms with Crippen molar-refractivity contribution in [2.24, 2.45) is 11.8 Å². The van der Waals surface area contributed by atoms with Gasteiger partial charge in [-0.3, -0.25) is 0 Å². The first-order chi connectivity index (χ1) is 10.4. The summed E-state index contributed by atoms with van der Waals surface area (Å²) in [5.74, 6) is 1.95. The Labute approximate surface area is 130 Å². The summed E-state index contributed by atoms with van der Waals surface area (Å²) in [5, 5.41) is 6.93. The van der Waals surface area contributed by atoms with Crippen LogP contribution in [0, 0.1) is 11.8 Å². The number of hydrogen-bond acceptors (Lipinski definition) is 4. The second-order valence-electron chi connectivity index (χ2n) is 7.32. The maximum atomic E-state index is 3.47. The molecule has 3 saturated heterocycles. The Balaban J connectivity index is 1.29. The fraction of sp³-hybridized carbons (Fsp3) is 1.00. The van der Waals surface area contributed by atoms with E-state index >= 15 is 0 Å². The third-order valence-electron chi connectivity index (χ3n) is 5.75. The van der Waals surface area contributed by atoms with Crippen LogP contribution in [-0.4, -0.2) is 75.2 Å². The van der Waals surface area contributed by atoms with Crippen molar-refractivity contribution in [3.05, 3.63) is 0 Å². The van der Waals surface area contributed by atoms with E-state index in [1.54, 1.807) is 0 Å². The van der Waals surface area contributed by atoms with Crippen molar-refractivity contribution in [3.8, 4) is 0 Å². The standard InChI is InChI=1S/C17H34N4/c1-6-18-7-2-16(1)3-10-20-11-4-17(5-12-20)15-21-13-8-19-9-14-21/h16-19H,1-15H2. The van der Waals surface area contributed by atoms with Crippen LogP contribution in [0.4, 0.5) is 0 Å². The average molecular weight is 294 g/mol. The van der Waals surface area contributed by atoms with Gasteiger partial charge in [0.05, 0.1) is 0 Å². The minimum atomic E-state index is 0.957. The second kappa shape index (κ2) is 8.47. The van der Waals surface area contributed by atoms with Crippen molar-refractivity contribution in [2.75, 3.05) is 65.4 Å². The normalized spacial score (nSPS) is 28.0. The van der Waals surface area contributed by atoms with Gasteiger partial charge >= 0.3 is 0 Å². The Morgan fingerprint density at radius 1 is 0.667 bits per heavy atom. The summed E-state index contributed by atoms with van der Waals surface area (Å²) in [7, 11) is 0. The molecular weight excluding hydrogens is 260 g/mol. The van der Waals surface area contributed by atoms with Crippen molar-refractivity contribution in [2.45, 2.75) is 32.1 Å². The summed E-state index contributed by atoms with van der Waals surface area (Å²) in [6.45, 7) is 12.8. The molecule has 0 amide bonds. The van der Waals surface area contributed by atoms with Gasteiger partial charge in [-0.25, -0.2) is 0 Å². The number of rotatable bonds is 5. The van der Waals surface area contributed by atoms with E-state index in [9.17, 15) is 0 Å². The molecule has 0 aromatic heterocycles. The minimum absolute atomic E-state index is 0.957. The largest absolute Gasteiger partial charge is 0.317 e. The Morgan fingerprint density at radius 2 is 1.33 bits per heavy atom. The van der Waals surface area contributed by atoms with Gasteiger partial charge in [-0.05, 0) is 76.7 Å². The SMILES string of the molecule is C1CC(CCN2CCC(CN3CCNCC3)CC2)CCN1. The Bertz CT molecular complexity index is 277. The number of nitrogens with one attached hydrogen (secondary N) is 2. The molecule has 0 unspecified atom stereocenters. The van der Waals surface area contributed by atoms with Gasteiger partial charge in [-0.15, -0.1) is 0 Å². The van der Waals surface area contributed by atoms with Gasteiger partial charge in [-0.2, -0.15) is 0 Å². The quantitative estimate of drug-likeness (QED) is 0.792. The first-order valence-electron chi connectivity index (χ1n) is 9.26. The predicted molar refractivity (Wildman–Crippen MR) is 88.7 cm³/mol. The number of piperazine rings is 1. The summed E-state index contributed by atoms with van der Waals surface area (Å²) < 4.78 is 0. The zero-order chi connectivity index (χ0) is 14.3. The van der Waals surface area contributed by atoms with Gasteiger partial charge in [0.2, 0.25) is 0 Å². The molecule has 4 heteroatoms. The molecule has 3 fully saturated rings. The van der Waals surface area contributed by atoms with Crippen LogP contribution in [0.5, 0.6) is 0 Å². The topological polar surface area (TPSA) is 30.5 Å². The van der Waals surface area contributed by atoms with E-state index in [0.29, 0.717) is 0 Å². The van der Waals surface area contributed by atoms with E-state index < -0.39 is 0 Å². The molecule has 4 nitrogen and oxygen atoms in total. The lowest BCUT2D eigenvalue weighted by Crippen LogP contribution is -2.47. The number of piperidine rings is 2. The monoisotopic (exact) mass is 294 g/mol. The molecule has 0 bridgehead atoms. The van der Waals surface area contributed by atoms with Crippen molar-refractivity contribution in [1.82, 2.24) is 20.4 Å². The Morgan fingerprint density at radius 3 is 2.05 bits per heavy atom. The molecule has 0 aromatic carbocycles. The highest BCUT2D eigenvalue weighted by Gasteiger charge is 2.23. The molecule has 3 rings (SSSR count). The molecule has 0 saturated carbocycles. The van der Waals surface area contributed by atoms with Gasteiger partial charge in [-0.1, -0.05) is 0 Å². The summed E-state index contributed by atoms with van der Waals surface area (Å²) in [5.41, 5.74) is 0. The lowest BCUT2D eigenvalue weighted by molar-refractivity contribution is 0.129. The van der Waals surface area contributed by atoms with Crippen molar-refractivity contribution < 1.29 is 0 Å². The van der Waals surface area contributed by atoms with Crippen LogP contribution in [0.15, 0.2) is 0 Å². The predicted octanol–water partition coefficient (Wildman–Crippen LogP) is 0.993. The molecule has 21 heavy (non-hydrogen) atoms. The highest BCUT2D eigenvalue weighted by atomic mass is 15.2. The molecule has 2 N–H and O–H groups in total. The molecule has 3 heterocycles. The van der Waals surface area contributed by atoms with Crippen molar-refractivity contribution >= 4 is 0 Å². The Kier molecular flexibility index (Phi) is 6.34. The van der Waals surface area contributed by atoms with E-state index in [1.807, 2.05) is 0 Å². The van der Waals surface area contributed by atoms with E-state index in [1.165, 1.54) is 97.6 Å². The first-order valence-corrected chi connectivity index (χ1v) is 9.26. The summed E-state index contributed by atoms with van der Waals surface area (Å²) in [4.78, 5) is 5.40. The van der Waals surface area contributed by atoms with E-state index in [0.717, 1.165) is 11.8 Å². The maximum absolute atomic E-state index is 3.47. The summed E-state index contributed by atoms with van der Waals surface area (Å²) >= 11 is 0. The van der Waals surface area contributed by atoms with Crippen LogP contribution >= 0.6 is 0 Å². The molecule has 0 aromatic rings. The summed E-state index contributed by atoms with van der Waals surface area (Å²) in [6.07, 6.45) is 7.09. The third kappa shape index (κ3) is 5.20. The van der Waals surface area contributed by atoms with E-state index in [-0.39, 0.29) is 0 Å². The number of likely N-dealkylation sites (tertiary alicyclic amines) is 1. The van der Waals surface area contributed by atoms with Gasteiger partial charge in [0, 0.05) is 32.7 Å². The molecule has 0 spiro atoms. The summed E-state index contributed by atoms with van der Waals surface area (Å²) in [6, 6.07) is 0. The molecule has 122 valence electrons. The smallest absolute Gasteiger partial charge is 0.0107 e. The molecule has 0 atom stereocenters. The molecule has 3 aliphatic heterocycles. The molecule has 0 radical (unpaired) electrons. The Hall–Kier alpha value is -0.160. The van der Waals surface area contributed by atoms with Gasteiger partial charge in [0.15, 0.2) is 0 Å². The van der Waals surface area contributed by atoms with Crippen LogP contribution < -0.4 is 10.6 Å². The minimum Gasteiger partial charge on any atom is -0.317 e. The molecular formula is C17H34N4. The fourth-order valence-electron chi connectivity index (χ4n) is 4.19. The van der Waals surface area contributed by atoms with Crippen molar-refractivity contribution in [3.63, 3.8) is 0 Å². The van der Waals surface area contributed by atoms with Gasteiger partial charge in [0.1, 0.15) is 0 Å². The number of hydrogen-bond donors (Lipinski definition) is 2. The van der Waals surface area contributed by atoms with Gasteiger partial charge in [0.25, 0.3) is 0 Å². The lowest BCUT2D eigenvalue weighted by Gasteiger charge is -2.36. The highest BCUT2D eigenvalue weighted by Crippen LogP contribution is 2.21. The van der Waals surface area contributed by atoms with Crippen LogP contribution in [-0.2, 0) is 0 Å². The number of nitrogens with zero attached hydrogens (tertiary/aromatic N) is 2. The van der Waals surface area contributed by atoms with Gasteiger partial charge < -0.3 is 20.4 Å². The second-order valence-corrected chi connectivity index (χ2v) is 7.32. The third-order valence-corrected chi connectivity index (χ3v) is 5.75. The van der Waals surface area contributed by atoms with Crippen molar-refractivity contribution in [1.29, 1.82) is 0 Å². The zero-order valence-electron chi connectivity index (χ0n) is 13.7. The van der Waals surface area contributed by atoms with Crippen LogP contribution in [0.3, 0.4) is 0 Å². The van der Waals surface area contributed by atoms with Crippen LogP contribution in [0.25, 0.3) is 0 Å². The van der Waals surface area contributed by atoms with E-state index in [4.69, 9.17) is 0 Å². The van der Waals surface area contributed by atoms with Crippen LogP contribution in [0.1, 0.15) is 32.1 Å². The highest BCUT2D eigenvalue weighted by molar-refractivity contribution is 4.78. The zero-order valence-corrected chi connectivity index (χ0v) is 13.7. The first kappa shape index (κ1) is 15.7. The van der Waals surface area contributed by atoms with E-state index in [2.05, 4.69) is 20.4 Å². The fourth-order valence-corrected chi connectivity index (χ4v) is 4.19. The molecule has 0 aliphatic carbocycles. The molecule has 3 aliphatic rings. The van der Waals surface area contributed by atoms with Crippen LogP contribution in [0.2, 0.25) is 0 Å².